The number of rotatable bonds is 4. The van der Waals surface area contributed by atoms with Crippen molar-refractivity contribution >= 4 is 5.91 Å². The fourth-order valence-electron chi connectivity index (χ4n) is 1.49. The number of carbonyl (C=O) groups is 1. The van der Waals surface area contributed by atoms with Gasteiger partial charge in [0.1, 0.15) is 0 Å². The van der Waals surface area contributed by atoms with Gasteiger partial charge in [-0.3, -0.25) is 10.2 Å². The molecule has 0 aromatic carbocycles. The number of carbonyl (C=O) groups excluding carboxylic acids is 1. The Morgan fingerprint density at radius 2 is 2.33 bits per heavy atom. The molecule has 0 heterocycles. The Hall–Kier alpha value is -0.610. The fraction of sp³-hybridized carbons (Fsp3) is 0.875. The molecule has 0 bridgehead atoms. The average Bonchev–Trinajstić information content (AvgIpc) is 2.02. The summed E-state index contributed by atoms with van der Waals surface area (Å²) in [5.74, 6) is 5.00. The van der Waals surface area contributed by atoms with Crippen LogP contribution in [0.3, 0.4) is 0 Å². The van der Waals surface area contributed by atoms with Crippen molar-refractivity contribution in [1.29, 1.82) is 0 Å². The second kappa shape index (κ2) is 3.87. The van der Waals surface area contributed by atoms with Crippen LogP contribution < -0.4 is 11.3 Å². The first kappa shape index (κ1) is 9.48. The highest BCUT2D eigenvalue weighted by Gasteiger charge is 2.43. The van der Waals surface area contributed by atoms with Crippen molar-refractivity contribution in [1.82, 2.24) is 5.43 Å². The normalized spacial score (nSPS) is 19.8. The van der Waals surface area contributed by atoms with Crippen molar-refractivity contribution in [2.24, 2.45) is 11.3 Å². The van der Waals surface area contributed by atoms with Gasteiger partial charge in [-0.2, -0.15) is 0 Å². The average molecular weight is 172 g/mol. The molecule has 0 radical (unpaired) electrons. The fourth-order valence-corrected chi connectivity index (χ4v) is 1.49. The summed E-state index contributed by atoms with van der Waals surface area (Å²) in [7, 11) is 0. The largest absolute Gasteiger partial charge is 0.381 e. The van der Waals surface area contributed by atoms with Crippen LogP contribution in [0.5, 0.6) is 0 Å². The molecular formula is C8H16N2O2. The van der Waals surface area contributed by atoms with Crippen LogP contribution in [0.1, 0.15) is 26.2 Å². The molecule has 0 aromatic rings. The minimum absolute atomic E-state index is 0.0813. The van der Waals surface area contributed by atoms with Crippen LogP contribution in [0.25, 0.3) is 0 Å². The molecule has 1 rings (SSSR count). The SMILES string of the molecule is CCOCC1(C(=O)NN)CCC1. The Labute approximate surface area is 72.4 Å². The van der Waals surface area contributed by atoms with Crippen molar-refractivity contribution in [3.8, 4) is 0 Å². The molecule has 0 saturated heterocycles. The van der Waals surface area contributed by atoms with Crippen molar-refractivity contribution in [2.75, 3.05) is 13.2 Å². The number of amides is 1. The summed E-state index contributed by atoms with van der Waals surface area (Å²) in [4.78, 5) is 11.3. The molecule has 0 aromatic heterocycles. The van der Waals surface area contributed by atoms with Crippen molar-refractivity contribution in [3.63, 3.8) is 0 Å². The molecule has 0 aliphatic heterocycles. The van der Waals surface area contributed by atoms with Gasteiger partial charge < -0.3 is 4.74 Å². The molecule has 1 fully saturated rings. The lowest BCUT2D eigenvalue weighted by Gasteiger charge is -2.39. The maximum atomic E-state index is 11.3. The summed E-state index contributed by atoms with van der Waals surface area (Å²) < 4.78 is 5.25. The van der Waals surface area contributed by atoms with E-state index in [9.17, 15) is 4.79 Å². The molecule has 1 aliphatic rings. The Balaban J connectivity index is 2.44. The smallest absolute Gasteiger partial charge is 0.242 e. The van der Waals surface area contributed by atoms with Crippen LogP contribution in [0.15, 0.2) is 0 Å². The van der Waals surface area contributed by atoms with Gasteiger partial charge in [0, 0.05) is 6.61 Å². The lowest BCUT2D eigenvalue weighted by atomic mass is 9.69. The Kier molecular flexibility index (Phi) is 3.05. The topological polar surface area (TPSA) is 64.3 Å². The predicted molar refractivity (Wildman–Crippen MR) is 45.1 cm³/mol. The molecule has 1 amide bonds. The van der Waals surface area contributed by atoms with E-state index in [1.165, 1.54) is 0 Å². The number of hydrogen-bond acceptors (Lipinski definition) is 3. The van der Waals surface area contributed by atoms with E-state index in [-0.39, 0.29) is 11.3 Å². The number of hydrazine groups is 1. The second-order valence-electron chi connectivity index (χ2n) is 3.24. The van der Waals surface area contributed by atoms with Gasteiger partial charge in [-0.15, -0.1) is 0 Å². The van der Waals surface area contributed by atoms with Gasteiger partial charge >= 0.3 is 0 Å². The van der Waals surface area contributed by atoms with Crippen LogP contribution in [0.4, 0.5) is 0 Å². The number of nitrogens with two attached hydrogens (primary N) is 1. The number of nitrogens with one attached hydrogen (secondary N) is 1. The van der Waals surface area contributed by atoms with Gasteiger partial charge in [-0.25, -0.2) is 5.84 Å². The molecule has 1 saturated carbocycles. The van der Waals surface area contributed by atoms with E-state index in [1.54, 1.807) is 0 Å². The third kappa shape index (κ3) is 1.59. The van der Waals surface area contributed by atoms with Crippen molar-refractivity contribution in [3.05, 3.63) is 0 Å². The van der Waals surface area contributed by atoms with Gasteiger partial charge in [0.25, 0.3) is 0 Å². The van der Waals surface area contributed by atoms with E-state index in [2.05, 4.69) is 5.43 Å². The van der Waals surface area contributed by atoms with Crippen LogP contribution in [0, 0.1) is 5.41 Å². The van der Waals surface area contributed by atoms with Crippen molar-refractivity contribution in [2.45, 2.75) is 26.2 Å². The molecule has 0 unspecified atom stereocenters. The van der Waals surface area contributed by atoms with E-state index in [0.717, 1.165) is 19.3 Å². The summed E-state index contributed by atoms with van der Waals surface area (Å²) in [5.41, 5.74) is 1.88. The maximum Gasteiger partial charge on any atom is 0.242 e. The maximum absolute atomic E-state index is 11.3. The zero-order chi connectivity index (χ0) is 9.03. The standard InChI is InChI=1S/C8H16N2O2/c1-2-12-6-8(4-3-5-8)7(11)10-9/h2-6,9H2,1H3,(H,10,11). The third-order valence-electron chi connectivity index (χ3n) is 2.51. The molecule has 1 aliphatic carbocycles. The summed E-state index contributed by atoms with van der Waals surface area (Å²) in [6.45, 7) is 3.08. The zero-order valence-electron chi connectivity index (χ0n) is 7.43. The predicted octanol–water partition coefficient (Wildman–Crippen LogP) is 0.183. The highest BCUT2D eigenvalue weighted by molar-refractivity contribution is 5.83. The van der Waals surface area contributed by atoms with Crippen LogP contribution in [-0.2, 0) is 9.53 Å². The molecule has 70 valence electrons. The van der Waals surface area contributed by atoms with Crippen LogP contribution >= 0.6 is 0 Å². The van der Waals surface area contributed by atoms with Gasteiger partial charge in [0.05, 0.1) is 12.0 Å². The molecule has 4 heteroatoms. The van der Waals surface area contributed by atoms with E-state index >= 15 is 0 Å². The van der Waals surface area contributed by atoms with Crippen LogP contribution in [-0.4, -0.2) is 19.1 Å². The summed E-state index contributed by atoms with van der Waals surface area (Å²) in [6.07, 6.45) is 2.90. The molecule has 3 N–H and O–H groups in total. The Morgan fingerprint density at radius 3 is 2.67 bits per heavy atom. The van der Waals surface area contributed by atoms with E-state index in [1.807, 2.05) is 6.92 Å². The third-order valence-corrected chi connectivity index (χ3v) is 2.51. The quantitative estimate of drug-likeness (QED) is 0.361. The number of ether oxygens (including phenoxy) is 1. The Bertz CT molecular complexity index is 166. The minimum atomic E-state index is -0.315. The van der Waals surface area contributed by atoms with Crippen LogP contribution in [0.2, 0.25) is 0 Å². The first-order valence-corrected chi connectivity index (χ1v) is 4.34. The summed E-state index contributed by atoms with van der Waals surface area (Å²) >= 11 is 0. The molecular weight excluding hydrogens is 156 g/mol. The minimum Gasteiger partial charge on any atom is -0.381 e. The van der Waals surface area contributed by atoms with Gasteiger partial charge in [-0.1, -0.05) is 6.42 Å². The second-order valence-corrected chi connectivity index (χ2v) is 3.24. The molecule has 0 spiro atoms. The molecule has 4 nitrogen and oxygen atoms in total. The Morgan fingerprint density at radius 1 is 1.67 bits per heavy atom. The lowest BCUT2D eigenvalue weighted by molar-refractivity contribution is -0.141. The zero-order valence-corrected chi connectivity index (χ0v) is 7.43. The monoisotopic (exact) mass is 172 g/mol. The van der Waals surface area contributed by atoms with Gasteiger partial charge in [0.15, 0.2) is 0 Å². The van der Waals surface area contributed by atoms with Gasteiger partial charge in [-0.05, 0) is 19.8 Å². The van der Waals surface area contributed by atoms with Crippen molar-refractivity contribution < 1.29 is 9.53 Å². The van der Waals surface area contributed by atoms with E-state index < -0.39 is 0 Å². The first-order valence-electron chi connectivity index (χ1n) is 4.34. The molecule has 12 heavy (non-hydrogen) atoms. The van der Waals surface area contributed by atoms with E-state index in [4.69, 9.17) is 10.6 Å². The first-order chi connectivity index (χ1) is 5.75. The molecule has 0 atom stereocenters. The lowest BCUT2D eigenvalue weighted by Crippen LogP contribution is -2.50. The highest BCUT2D eigenvalue weighted by Crippen LogP contribution is 2.41. The summed E-state index contributed by atoms with van der Waals surface area (Å²) in [6, 6.07) is 0. The van der Waals surface area contributed by atoms with Gasteiger partial charge in [0.2, 0.25) is 5.91 Å². The summed E-state index contributed by atoms with van der Waals surface area (Å²) in [5, 5.41) is 0. The highest BCUT2D eigenvalue weighted by atomic mass is 16.5. The number of hydrogen-bond donors (Lipinski definition) is 2. The van der Waals surface area contributed by atoms with E-state index in [0.29, 0.717) is 13.2 Å².